The number of cyclic esters (lactones) is 1. The van der Waals surface area contributed by atoms with Crippen LogP contribution in [0.4, 0.5) is 20.6 Å². The summed E-state index contributed by atoms with van der Waals surface area (Å²) < 4.78 is 25.2. The molecule has 0 bridgehead atoms. The Bertz CT molecular complexity index is 996. The van der Waals surface area contributed by atoms with E-state index in [1.54, 1.807) is 23.1 Å². The highest BCUT2D eigenvalue weighted by molar-refractivity contribution is 5.94. The van der Waals surface area contributed by atoms with Crippen molar-refractivity contribution < 1.29 is 27.9 Å². The molecule has 4 rings (SSSR count). The van der Waals surface area contributed by atoms with Crippen LogP contribution in [0.25, 0.3) is 0 Å². The lowest BCUT2D eigenvalue weighted by Gasteiger charge is -2.25. The van der Waals surface area contributed by atoms with Crippen LogP contribution in [0.1, 0.15) is 23.7 Å². The summed E-state index contributed by atoms with van der Waals surface area (Å²) in [5, 5.41) is 2.61. The summed E-state index contributed by atoms with van der Waals surface area (Å²) in [7, 11) is 0. The molecular weight excluding hydrogens is 419 g/mol. The number of benzene rings is 1. The zero-order chi connectivity index (χ0) is 22.7. The molecule has 2 aliphatic rings. The number of furan rings is 1. The van der Waals surface area contributed by atoms with Gasteiger partial charge in [0, 0.05) is 33.1 Å². The molecule has 1 atom stereocenters. The van der Waals surface area contributed by atoms with Crippen LogP contribution >= 0.6 is 0 Å². The van der Waals surface area contributed by atoms with E-state index in [-0.39, 0.29) is 24.9 Å². The quantitative estimate of drug-likeness (QED) is 0.760. The molecule has 1 aromatic carbocycles. The zero-order valence-corrected chi connectivity index (χ0v) is 17.8. The highest BCUT2D eigenvalue weighted by atomic mass is 19.1. The van der Waals surface area contributed by atoms with Gasteiger partial charge in [-0.2, -0.15) is 0 Å². The third-order valence-electron chi connectivity index (χ3n) is 5.59. The lowest BCUT2D eigenvalue weighted by molar-refractivity contribution is -0.119. The van der Waals surface area contributed by atoms with E-state index in [0.717, 1.165) is 0 Å². The molecule has 1 N–H and O–H groups in total. The van der Waals surface area contributed by atoms with Gasteiger partial charge in [-0.05, 0) is 30.7 Å². The van der Waals surface area contributed by atoms with Crippen molar-refractivity contribution in [2.75, 3.05) is 49.1 Å². The lowest BCUT2D eigenvalue weighted by atomic mass is 10.2. The zero-order valence-electron chi connectivity index (χ0n) is 17.8. The minimum atomic E-state index is -0.573. The lowest BCUT2D eigenvalue weighted by Crippen LogP contribution is -2.35. The van der Waals surface area contributed by atoms with E-state index in [1.807, 2.05) is 4.90 Å². The van der Waals surface area contributed by atoms with Crippen molar-refractivity contribution in [3.8, 4) is 0 Å². The first kappa shape index (κ1) is 21.7. The van der Waals surface area contributed by atoms with Crippen molar-refractivity contribution in [2.24, 2.45) is 0 Å². The SMILES string of the molecule is CC(=O)NC[C@H]1CN(c2ccc(N3CCCN(C(=O)c4ccoc4)CC3)c(F)c2)C(=O)O1. The fourth-order valence-corrected chi connectivity index (χ4v) is 3.95. The number of amides is 3. The predicted molar refractivity (Wildman–Crippen MR) is 114 cm³/mol. The normalized spacial score (nSPS) is 19.0. The van der Waals surface area contributed by atoms with Crippen molar-refractivity contribution >= 4 is 29.3 Å². The van der Waals surface area contributed by atoms with Crippen molar-refractivity contribution in [2.45, 2.75) is 19.4 Å². The summed E-state index contributed by atoms with van der Waals surface area (Å²) in [6.07, 6.45) is 2.53. The first-order chi connectivity index (χ1) is 15.4. The monoisotopic (exact) mass is 444 g/mol. The summed E-state index contributed by atoms with van der Waals surface area (Å²) >= 11 is 0. The molecule has 0 radical (unpaired) electrons. The van der Waals surface area contributed by atoms with Crippen LogP contribution in [-0.2, 0) is 9.53 Å². The van der Waals surface area contributed by atoms with Crippen LogP contribution in [0.15, 0.2) is 41.2 Å². The van der Waals surface area contributed by atoms with Crippen molar-refractivity contribution in [1.29, 1.82) is 0 Å². The van der Waals surface area contributed by atoms with Crippen LogP contribution in [0.5, 0.6) is 0 Å². The standard InChI is InChI=1S/C22H25FN4O5/c1-15(28)24-12-18-13-27(22(30)32-18)17-3-4-20(19(23)11-17)25-6-2-7-26(9-8-25)21(29)16-5-10-31-14-16/h3-5,10-11,14,18H,2,6-9,12-13H2,1H3,(H,24,28)/t18-/m0/s1. The van der Waals surface area contributed by atoms with Crippen molar-refractivity contribution in [3.63, 3.8) is 0 Å². The summed E-state index contributed by atoms with van der Waals surface area (Å²) in [4.78, 5) is 40.8. The van der Waals surface area contributed by atoms with E-state index in [1.165, 1.54) is 30.4 Å². The molecule has 0 aliphatic carbocycles. The first-order valence-corrected chi connectivity index (χ1v) is 10.5. The minimum Gasteiger partial charge on any atom is -0.472 e. The Kier molecular flexibility index (Phi) is 6.29. The Morgan fingerprint density at radius 3 is 2.75 bits per heavy atom. The number of anilines is 2. The highest BCUT2D eigenvalue weighted by Crippen LogP contribution is 2.28. The second kappa shape index (κ2) is 9.29. The summed E-state index contributed by atoms with van der Waals surface area (Å²) in [6, 6.07) is 6.27. The summed E-state index contributed by atoms with van der Waals surface area (Å²) in [5.41, 5.74) is 1.32. The van der Waals surface area contributed by atoms with E-state index >= 15 is 4.39 Å². The number of carbonyl (C=O) groups excluding carboxylic acids is 3. The molecule has 10 heteroatoms. The van der Waals surface area contributed by atoms with Gasteiger partial charge in [-0.3, -0.25) is 14.5 Å². The maximum atomic E-state index is 15.0. The third-order valence-corrected chi connectivity index (χ3v) is 5.59. The molecule has 0 saturated carbocycles. The van der Waals surface area contributed by atoms with E-state index in [4.69, 9.17) is 9.15 Å². The van der Waals surface area contributed by atoms with E-state index in [2.05, 4.69) is 5.32 Å². The number of nitrogens with one attached hydrogen (secondary N) is 1. The van der Waals surface area contributed by atoms with Gasteiger partial charge in [-0.1, -0.05) is 0 Å². The number of rotatable bonds is 5. The number of carbonyl (C=O) groups is 3. The van der Waals surface area contributed by atoms with Crippen LogP contribution in [0.2, 0.25) is 0 Å². The van der Waals surface area contributed by atoms with Crippen LogP contribution in [0, 0.1) is 5.82 Å². The Labute approximate surface area is 184 Å². The molecule has 0 unspecified atom stereocenters. The molecule has 1 aromatic heterocycles. The minimum absolute atomic E-state index is 0.0993. The maximum absolute atomic E-state index is 15.0. The molecule has 32 heavy (non-hydrogen) atoms. The molecule has 9 nitrogen and oxygen atoms in total. The molecule has 0 spiro atoms. The summed E-state index contributed by atoms with van der Waals surface area (Å²) in [5.74, 6) is -0.759. The third kappa shape index (κ3) is 4.68. The fraction of sp³-hybridized carbons (Fsp3) is 0.409. The smallest absolute Gasteiger partial charge is 0.414 e. The Balaban J connectivity index is 1.40. The topological polar surface area (TPSA) is 95.3 Å². The largest absolute Gasteiger partial charge is 0.472 e. The highest BCUT2D eigenvalue weighted by Gasteiger charge is 2.33. The average Bonchev–Trinajstić information content (AvgIpc) is 3.36. The number of ether oxygens (including phenoxy) is 1. The predicted octanol–water partition coefficient (Wildman–Crippen LogP) is 2.23. The maximum Gasteiger partial charge on any atom is 0.414 e. The molecule has 2 aliphatic heterocycles. The first-order valence-electron chi connectivity index (χ1n) is 10.5. The van der Waals surface area contributed by atoms with Gasteiger partial charge in [-0.25, -0.2) is 9.18 Å². The van der Waals surface area contributed by atoms with E-state index < -0.39 is 18.0 Å². The summed E-state index contributed by atoms with van der Waals surface area (Å²) in [6.45, 7) is 3.97. The number of nitrogens with zero attached hydrogens (tertiary/aromatic N) is 3. The van der Waals surface area contributed by atoms with Crippen LogP contribution in [0.3, 0.4) is 0 Å². The van der Waals surface area contributed by atoms with Crippen LogP contribution < -0.4 is 15.1 Å². The van der Waals surface area contributed by atoms with E-state index in [0.29, 0.717) is 49.5 Å². The molecule has 3 heterocycles. The van der Waals surface area contributed by atoms with Gasteiger partial charge < -0.3 is 24.3 Å². The molecule has 2 fully saturated rings. The van der Waals surface area contributed by atoms with Gasteiger partial charge in [-0.15, -0.1) is 0 Å². The second-order valence-electron chi connectivity index (χ2n) is 7.83. The molecule has 2 aromatic rings. The van der Waals surface area contributed by atoms with Gasteiger partial charge in [0.15, 0.2) is 0 Å². The fourth-order valence-electron chi connectivity index (χ4n) is 3.95. The van der Waals surface area contributed by atoms with Crippen molar-refractivity contribution in [3.05, 3.63) is 48.2 Å². The number of hydrogen-bond donors (Lipinski definition) is 1. The molecule has 3 amide bonds. The Morgan fingerprint density at radius 2 is 2.03 bits per heavy atom. The van der Waals surface area contributed by atoms with Gasteiger partial charge in [0.05, 0.1) is 36.3 Å². The molecule has 2 saturated heterocycles. The van der Waals surface area contributed by atoms with Gasteiger partial charge in [0.1, 0.15) is 18.2 Å². The van der Waals surface area contributed by atoms with E-state index in [9.17, 15) is 14.4 Å². The second-order valence-corrected chi connectivity index (χ2v) is 7.83. The van der Waals surface area contributed by atoms with Gasteiger partial charge >= 0.3 is 6.09 Å². The van der Waals surface area contributed by atoms with Gasteiger partial charge in [0.25, 0.3) is 5.91 Å². The average molecular weight is 444 g/mol. The van der Waals surface area contributed by atoms with Gasteiger partial charge in [0.2, 0.25) is 5.91 Å². The Hall–Kier alpha value is -3.56. The van der Waals surface area contributed by atoms with Crippen LogP contribution in [-0.4, -0.2) is 68.2 Å². The Morgan fingerprint density at radius 1 is 1.19 bits per heavy atom. The van der Waals surface area contributed by atoms with Crippen molar-refractivity contribution in [1.82, 2.24) is 10.2 Å². The molecular formula is C22H25FN4O5. The number of halogens is 1. The number of hydrogen-bond acceptors (Lipinski definition) is 6. The molecule has 170 valence electrons.